The van der Waals surface area contributed by atoms with Crippen molar-refractivity contribution in [3.05, 3.63) is 206 Å². The standard InChI is InChI=1S/C53H36N4SSi.Pd/c1-53(2)44-23-14-30-54-52(44)57(46-28-29-48-49(50(46)53)42-22-10-12-25-47(42)58-48)35-15-13-20-38(33-35)59(36-16-5-3-6-17-36,37-18-7-4-8-19-37)39-26-27-40-41-21-9-11-24-45(41)56-32-31-55-51(56)43(40)34-39;/h3-32H,1-2H3;/q-2;+2. The zero-order valence-corrected chi connectivity index (χ0v) is 36.2. The maximum absolute atomic E-state index is 5.16. The first-order valence-electron chi connectivity index (χ1n) is 20.1. The van der Waals surface area contributed by atoms with Gasteiger partial charge in [0, 0.05) is 55.3 Å². The van der Waals surface area contributed by atoms with Gasteiger partial charge in [-0.1, -0.05) is 128 Å². The summed E-state index contributed by atoms with van der Waals surface area (Å²) in [6, 6.07) is 68.1. The Bertz CT molecular complexity index is 3410. The van der Waals surface area contributed by atoms with E-state index in [1.54, 1.807) is 0 Å². The van der Waals surface area contributed by atoms with E-state index in [0.717, 1.165) is 49.5 Å². The third-order valence-electron chi connectivity index (χ3n) is 12.6. The summed E-state index contributed by atoms with van der Waals surface area (Å²) in [5.41, 5.74) is 6.36. The first-order chi connectivity index (χ1) is 29.0. The fraction of sp³-hybridized carbons (Fsp3) is 0.0566. The zero-order valence-electron chi connectivity index (χ0n) is 32.8. The third kappa shape index (κ3) is 5.17. The molecule has 4 aromatic heterocycles. The number of pyridine rings is 2. The molecular weight excluding hydrogens is 859 g/mol. The van der Waals surface area contributed by atoms with Crippen molar-refractivity contribution < 1.29 is 20.4 Å². The minimum absolute atomic E-state index is 0. The largest absolute Gasteiger partial charge is 2.00 e. The van der Waals surface area contributed by atoms with Crippen LogP contribution >= 0.6 is 11.3 Å². The molecule has 0 N–H and O–H groups in total. The van der Waals surface area contributed by atoms with Gasteiger partial charge in [-0.3, -0.25) is 4.98 Å². The third-order valence-corrected chi connectivity index (χ3v) is 18.3. The Labute approximate surface area is 367 Å². The van der Waals surface area contributed by atoms with Crippen molar-refractivity contribution in [1.29, 1.82) is 0 Å². The molecular formula is C53H36N4PdSSi. The fourth-order valence-corrected chi connectivity index (χ4v) is 15.7. The number of hydrogen-bond donors (Lipinski definition) is 0. The topological polar surface area (TPSA) is 33.4 Å². The SMILES string of the molecule is CC1(C)c2cccnc2N(c2[c-]c([Si](c3[c-]c4c(cc3)c3ccccc3n3ccnc43)(c3ccccc3)c3ccccc3)ccc2)c2ccc3sc4ccccc4c3c21.[Pd+2]. The summed E-state index contributed by atoms with van der Waals surface area (Å²) in [5, 5.41) is 10.8. The number of benzene rings is 7. The minimum Gasteiger partial charge on any atom is -0.340 e. The van der Waals surface area contributed by atoms with Crippen molar-refractivity contribution in [2.45, 2.75) is 19.3 Å². The van der Waals surface area contributed by atoms with E-state index in [2.05, 4.69) is 205 Å². The van der Waals surface area contributed by atoms with Gasteiger partial charge in [-0.2, -0.15) is 23.4 Å². The second-order valence-electron chi connectivity index (χ2n) is 16.0. The summed E-state index contributed by atoms with van der Waals surface area (Å²) >= 11 is 1.87. The second kappa shape index (κ2) is 13.9. The maximum atomic E-state index is 5.16. The molecule has 0 radical (unpaired) electrons. The maximum Gasteiger partial charge on any atom is 2.00 e. The van der Waals surface area contributed by atoms with Crippen LogP contribution in [0.4, 0.5) is 17.2 Å². The second-order valence-corrected chi connectivity index (χ2v) is 20.8. The molecule has 0 fully saturated rings. The molecule has 7 aromatic carbocycles. The average molecular weight is 895 g/mol. The van der Waals surface area contributed by atoms with Crippen molar-refractivity contribution in [3.8, 4) is 0 Å². The van der Waals surface area contributed by atoms with Crippen LogP contribution < -0.4 is 25.6 Å². The summed E-state index contributed by atoms with van der Waals surface area (Å²) in [7, 11) is -3.12. The van der Waals surface area contributed by atoms with Gasteiger partial charge in [0.15, 0.2) is 0 Å². The molecule has 1 aliphatic heterocycles. The Morgan fingerprint density at radius 2 is 1.30 bits per heavy atom. The number of hydrogen-bond acceptors (Lipinski definition) is 4. The van der Waals surface area contributed by atoms with Crippen molar-refractivity contribution in [2.24, 2.45) is 0 Å². The van der Waals surface area contributed by atoms with Gasteiger partial charge in [-0.25, -0.2) is 4.98 Å². The summed E-state index contributed by atoms with van der Waals surface area (Å²) in [4.78, 5) is 12.5. The Morgan fingerprint density at radius 1 is 0.583 bits per heavy atom. The van der Waals surface area contributed by atoms with Gasteiger partial charge in [0.25, 0.3) is 0 Å². The Hall–Kier alpha value is -6.20. The minimum atomic E-state index is -3.12. The van der Waals surface area contributed by atoms with Crippen LogP contribution in [0.5, 0.6) is 0 Å². The molecule has 0 amide bonds. The van der Waals surface area contributed by atoms with Crippen molar-refractivity contribution >= 4 is 105 Å². The van der Waals surface area contributed by atoms with Crippen LogP contribution in [0.25, 0.3) is 47.5 Å². The Morgan fingerprint density at radius 3 is 2.10 bits per heavy atom. The molecule has 0 bridgehead atoms. The van der Waals surface area contributed by atoms with Crippen LogP contribution in [0.15, 0.2) is 182 Å². The van der Waals surface area contributed by atoms with Gasteiger partial charge < -0.3 is 9.30 Å². The number of anilines is 3. The number of rotatable bonds is 5. The Kier molecular flexibility index (Phi) is 8.56. The van der Waals surface area contributed by atoms with E-state index in [4.69, 9.17) is 9.97 Å². The van der Waals surface area contributed by atoms with Gasteiger partial charge in [-0.05, 0) is 51.7 Å². The van der Waals surface area contributed by atoms with Crippen molar-refractivity contribution in [3.63, 3.8) is 0 Å². The molecule has 60 heavy (non-hydrogen) atoms. The van der Waals surface area contributed by atoms with E-state index in [1.807, 2.05) is 23.7 Å². The van der Waals surface area contributed by atoms with Crippen LogP contribution in [0.1, 0.15) is 25.0 Å². The van der Waals surface area contributed by atoms with Crippen molar-refractivity contribution in [2.75, 3.05) is 4.90 Å². The molecule has 7 heteroatoms. The number of para-hydroxylation sites is 1. The molecule has 0 atom stereocenters. The molecule has 0 spiro atoms. The summed E-state index contributed by atoms with van der Waals surface area (Å²) in [6.07, 6.45) is 5.88. The van der Waals surface area contributed by atoms with Crippen LogP contribution in [-0.4, -0.2) is 22.4 Å². The van der Waals surface area contributed by atoms with Gasteiger partial charge in [-0.15, -0.1) is 46.2 Å². The van der Waals surface area contributed by atoms with Crippen LogP contribution in [-0.2, 0) is 25.8 Å². The number of fused-ring (bicyclic) bond motifs is 12. The quantitative estimate of drug-likeness (QED) is 0.0747. The van der Waals surface area contributed by atoms with E-state index < -0.39 is 8.07 Å². The van der Waals surface area contributed by atoms with Gasteiger partial charge in [0.05, 0.1) is 11.3 Å². The predicted octanol–water partition coefficient (Wildman–Crippen LogP) is 10.5. The zero-order chi connectivity index (χ0) is 39.3. The Balaban J connectivity index is 0.00000408. The number of imidazole rings is 1. The molecule has 0 saturated heterocycles. The normalized spacial score (nSPS) is 13.5. The number of nitrogens with zero attached hydrogens (tertiary/aromatic N) is 4. The summed E-state index contributed by atoms with van der Waals surface area (Å²) < 4.78 is 4.80. The first-order valence-corrected chi connectivity index (χ1v) is 22.9. The van der Waals surface area contributed by atoms with E-state index in [9.17, 15) is 0 Å². The monoisotopic (exact) mass is 894 g/mol. The van der Waals surface area contributed by atoms with E-state index in [1.165, 1.54) is 47.1 Å². The number of aromatic nitrogens is 3. The molecule has 0 saturated carbocycles. The fourth-order valence-electron chi connectivity index (χ4n) is 10.0. The van der Waals surface area contributed by atoms with Crippen LogP contribution in [0.2, 0.25) is 0 Å². The average Bonchev–Trinajstić information content (AvgIpc) is 3.94. The van der Waals surface area contributed by atoms with Crippen LogP contribution in [0.3, 0.4) is 0 Å². The smallest absolute Gasteiger partial charge is 0.340 e. The molecule has 4 nitrogen and oxygen atoms in total. The predicted molar refractivity (Wildman–Crippen MR) is 249 cm³/mol. The summed E-state index contributed by atoms with van der Waals surface area (Å²) in [6.45, 7) is 4.71. The number of thiophene rings is 1. The van der Waals surface area contributed by atoms with Gasteiger partial charge >= 0.3 is 20.4 Å². The van der Waals surface area contributed by atoms with E-state index >= 15 is 0 Å². The molecule has 288 valence electrons. The van der Waals surface area contributed by atoms with Gasteiger partial charge in [0.1, 0.15) is 13.9 Å². The molecule has 11 aromatic rings. The molecule has 5 heterocycles. The molecule has 12 rings (SSSR count). The van der Waals surface area contributed by atoms with E-state index in [0.29, 0.717) is 0 Å². The molecule has 0 aliphatic carbocycles. The summed E-state index contributed by atoms with van der Waals surface area (Å²) in [5.74, 6) is 0.940. The van der Waals surface area contributed by atoms with Crippen LogP contribution in [0, 0.1) is 12.1 Å². The first kappa shape index (κ1) is 36.8. The van der Waals surface area contributed by atoms with Gasteiger partial charge in [0.2, 0.25) is 0 Å². The molecule has 0 unspecified atom stereocenters. The van der Waals surface area contributed by atoms with Crippen molar-refractivity contribution in [1.82, 2.24) is 14.4 Å². The molecule has 1 aliphatic rings. The van der Waals surface area contributed by atoms with E-state index in [-0.39, 0.29) is 25.8 Å².